The monoisotopic (exact) mass is 278 g/mol. The molecule has 1 atom stereocenters. The van der Waals surface area contributed by atoms with E-state index in [1.165, 1.54) is 10.7 Å². The predicted octanol–water partition coefficient (Wildman–Crippen LogP) is 0.762. The minimum Gasteiger partial charge on any atom is -0.383 e. The summed E-state index contributed by atoms with van der Waals surface area (Å²) in [5.74, 6) is 0.181. The van der Waals surface area contributed by atoms with E-state index in [0.717, 1.165) is 30.8 Å². The van der Waals surface area contributed by atoms with Crippen molar-refractivity contribution in [1.82, 2.24) is 15.1 Å². The maximum absolute atomic E-state index is 11.9. The van der Waals surface area contributed by atoms with Gasteiger partial charge in [-0.2, -0.15) is 5.10 Å². The van der Waals surface area contributed by atoms with Gasteiger partial charge in [0.1, 0.15) is 6.54 Å². The first-order valence-electron chi connectivity index (χ1n) is 7.11. The Morgan fingerprint density at radius 1 is 1.50 bits per heavy atom. The molecule has 0 spiro atoms. The first-order chi connectivity index (χ1) is 9.47. The summed E-state index contributed by atoms with van der Waals surface area (Å²) in [6, 6.07) is 1.61. The zero-order valence-corrected chi connectivity index (χ0v) is 12.3. The summed E-state index contributed by atoms with van der Waals surface area (Å²) in [5.41, 5.74) is 1.42. The Labute approximate surface area is 118 Å². The summed E-state index contributed by atoms with van der Waals surface area (Å²) in [5, 5.41) is 10.3. The topological polar surface area (TPSA) is 76.0 Å². The lowest BCUT2D eigenvalue weighted by Crippen LogP contribution is -2.40. The molecule has 1 aromatic heterocycles. The molecule has 1 aliphatic heterocycles. The Morgan fingerprint density at radius 3 is 2.95 bits per heavy atom. The number of nitrogens with one attached hydrogen (secondary N) is 2. The third-order valence-corrected chi connectivity index (χ3v) is 3.66. The zero-order chi connectivity index (χ0) is 14.7. The van der Waals surface area contributed by atoms with Gasteiger partial charge < -0.3 is 10.6 Å². The fourth-order valence-electron chi connectivity index (χ4n) is 2.06. The summed E-state index contributed by atoms with van der Waals surface area (Å²) >= 11 is 0. The van der Waals surface area contributed by atoms with E-state index in [1.54, 1.807) is 0 Å². The SMILES string of the molecule is CC(C)C(C)NC(=O)Cn1nc2c(cc1=O)NCCC2. The van der Waals surface area contributed by atoms with Crippen LogP contribution in [0.15, 0.2) is 10.9 Å². The molecule has 2 rings (SSSR count). The van der Waals surface area contributed by atoms with E-state index in [1.807, 2.05) is 20.8 Å². The van der Waals surface area contributed by atoms with Gasteiger partial charge >= 0.3 is 0 Å². The van der Waals surface area contributed by atoms with Crippen LogP contribution >= 0.6 is 0 Å². The molecule has 6 heteroatoms. The van der Waals surface area contributed by atoms with E-state index in [9.17, 15) is 9.59 Å². The van der Waals surface area contributed by atoms with Crippen LogP contribution in [0.4, 0.5) is 5.69 Å². The fraction of sp³-hybridized carbons (Fsp3) is 0.643. The van der Waals surface area contributed by atoms with Crippen LogP contribution in [0.3, 0.4) is 0 Å². The minimum absolute atomic E-state index is 0.0246. The van der Waals surface area contributed by atoms with Crippen molar-refractivity contribution in [2.75, 3.05) is 11.9 Å². The molecule has 20 heavy (non-hydrogen) atoms. The van der Waals surface area contributed by atoms with E-state index in [4.69, 9.17) is 0 Å². The molecule has 2 N–H and O–H groups in total. The molecule has 2 heterocycles. The Morgan fingerprint density at radius 2 is 2.25 bits per heavy atom. The summed E-state index contributed by atoms with van der Waals surface area (Å²) in [4.78, 5) is 23.8. The average molecular weight is 278 g/mol. The van der Waals surface area contributed by atoms with Crippen molar-refractivity contribution in [2.45, 2.75) is 46.2 Å². The zero-order valence-electron chi connectivity index (χ0n) is 12.3. The summed E-state index contributed by atoms with van der Waals surface area (Å²) in [7, 11) is 0. The highest BCUT2D eigenvalue weighted by molar-refractivity contribution is 5.75. The highest BCUT2D eigenvalue weighted by Gasteiger charge is 2.15. The van der Waals surface area contributed by atoms with Crippen molar-refractivity contribution >= 4 is 11.6 Å². The number of aryl methyl sites for hydroxylation is 1. The van der Waals surface area contributed by atoms with Crippen LogP contribution < -0.4 is 16.2 Å². The number of amides is 1. The molecular formula is C14H22N4O2. The van der Waals surface area contributed by atoms with Gasteiger partial charge in [0.2, 0.25) is 5.91 Å². The lowest BCUT2D eigenvalue weighted by atomic mass is 10.1. The maximum Gasteiger partial charge on any atom is 0.269 e. The minimum atomic E-state index is -0.245. The Kier molecular flexibility index (Phi) is 4.42. The van der Waals surface area contributed by atoms with Crippen molar-refractivity contribution in [3.05, 3.63) is 22.1 Å². The van der Waals surface area contributed by atoms with Gasteiger partial charge in [0, 0.05) is 18.7 Å². The molecule has 1 unspecified atom stereocenters. The Balaban J connectivity index is 2.09. The lowest BCUT2D eigenvalue weighted by molar-refractivity contribution is -0.122. The maximum atomic E-state index is 11.9. The second kappa shape index (κ2) is 6.07. The molecule has 0 radical (unpaired) electrons. The van der Waals surface area contributed by atoms with E-state index < -0.39 is 0 Å². The third kappa shape index (κ3) is 3.37. The number of fused-ring (bicyclic) bond motifs is 1. The van der Waals surface area contributed by atoms with Crippen molar-refractivity contribution in [2.24, 2.45) is 5.92 Å². The number of carbonyl (C=O) groups is 1. The van der Waals surface area contributed by atoms with Crippen LogP contribution in [0.2, 0.25) is 0 Å². The third-order valence-electron chi connectivity index (χ3n) is 3.66. The Hall–Kier alpha value is -1.85. The molecule has 1 aliphatic rings. The summed E-state index contributed by atoms with van der Waals surface area (Å²) < 4.78 is 1.24. The lowest BCUT2D eigenvalue weighted by Gasteiger charge is -2.19. The molecule has 1 aromatic rings. The van der Waals surface area contributed by atoms with Crippen LogP contribution in [0.5, 0.6) is 0 Å². The summed E-state index contributed by atoms with van der Waals surface area (Å²) in [6.45, 7) is 6.88. The second-order valence-corrected chi connectivity index (χ2v) is 5.63. The van der Waals surface area contributed by atoms with Gasteiger partial charge in [0.15, 0.2) is 0 Å². The van der Waals surface area contributed by atoms with Gasteiger partial charge in [0.05, 0.1) is 11.4 Å². The van der Waals surface area contributed by atoms with Crippen molar-refractivity contribution in [3.63, 3.8) is 0 Å². The van der Waals surface area contributed by atoms with Crippen LogP contribution in [0.1, 0.15) is 32.9 Å². The van der Waals surface area contributed by atoms with Gasteiger partial charge in [-0.05, 0) is 25.7 Å². The van der Waals surface area contributed by atoms with Gasteiger partial charge in [-0.1, -0.05) is 13.8 Å². The van der Waals surface area contributed by atoms with Crippen molar-refractivity contribution in [3.8, 4) is 0 Å². The first kappa shape index (κ1) is 14.6. The molecule has 0 saturated carbocycles. The van der Waals surface area contributed by atoms with Crippen LogP contribution in [0, 0.1) is 5.92 Å². The van der Waals surface area contributed by atoms with E-state index in [-0.39, 0.29) is 24.1 Å². The molecule has 1 amide bonds. The molecule has 0 bridgehead atoms. The highest BCUT2D eigenvalue weighted by atomic mass is 16.2. The normalized spacial score (nSPS) is 15.4. The van der Waals surface area contributed by atoms with Crippen LogP contribution in [-0.2, 0) is 17.8 Å². The highest BCUT2D eigenvalue weighted by Crippen LogP contribution is 2.16. The second-order valence-electron chi connectivity index (χ2n) is 5.63. The van der Waals surface area contributed by atoms with Gasteiger partial charge in [-0.3, -0.25) is 9.59 Å². The summed E-state index contributed by atoms with van der Waals surface area (Å²) in [6.07, 6.45) is 1.83. The van der Waals surface area contributed by atoms with Crippen LogP contribution in [0.25, 0.3) is 0 Å². The van der Waals surface area contributed by atoms with Gasteiger partial charge in [0.25, 0.3) is 5.56 Å². The molecule has 110 valence electrons. The molecule has 0 saturated heterocycles. The van der Waals surface area contributed by atoms with Crippen molar-refractivity contribution in [1.29, 1.82) is 0 Å². The number of anilines is 1. The van der Waals surface area contributed by atoms with E-state index >= 15 is 0 Å². The largest absolute Gasteiger partial charge is 0.383 e. The molecular weight excluding hydrogens is 256 g/mol. The number of rotatable bonds is 4. The van der Waals surface area contributed by atoms with Crippen LogP contribution in [-0.4, -0.2) is 28.3 Å². The Bertz CT molecular complexity index is 551. The predicted molar refractivity (Wildman–Crippen MR) is 77.8 cm³/mol. The average Bonchev–Trinajstić information content (AvgIpc) is 2.39. The van der Waals surface area contributed by atoms with Gasteiger partial charge in [-0.25, -0.2) is 4.68 Å². The smallest absolute Gasteiger partial charge is 0.269 e. The molecule has 0 aliphatic carbocycles. The number of carbonyl (C=O) groups excluding carboxylic acids is 1. The van der Waals surface area contributed by atoms with Crippen molar-refractivity contribution < 1.29 is 4.79 Å². The van der Waals surface area contributed by atoms with Gasteiger partial charge in [-0.15, -0.1) is 0 Å². The molecule has 0 fully saturated rings. The molecule has 0 aromatic carbocycles. The van der Waals surface area contributed by atoms with E-state index in [0.29, 0.717) is 5.92 Å². The molecule has 6 nitrogen and oxygen atoms in total. The number of hydrogen-bond acceptors (Lipinski definition) is 4. The number of hydrogen-bond donors (Lipinski definition) is 2. The van der Waals surface area contributed by atoms with E-state index in [2.05, 4.69) is 15.7 Å². The quantitative estimate of drug-likeness (QED) is 0.852. The first-order valence-corrected chi connectivity index (χ1v) is 7.11. The standard InChI is InChI=1S/C14H22N4O2/c1-9(2)10(3)16-13(19)8-18-14(20)7-12-11(17-18)5-4-6-15-12/h7,9-10,15H,4-6,8H2,1-3H3,(H,16,19). The number of aromatic nitrogens is 2. The number of nitrogens with zero attached hydrogens (tertiary/aromatic N) is 2. The fourth-order valence-corrected chi connectivity index (χ4v) is 2.06.